The Labute approximate surface area is 129 Å². The van der Waals surface area contributed by atoms with Gasteiger partial charge in [0.15, 0.2) is 5.78 Å². The summed E-state index contributed by atoms with van der Waals surface area (Å²) in [6.07, 6.45) is 0.420. The lowest BCUT2D eigenvalue weighted by Crippen LogP contribution is -2.47. The van der Waals surface area contributed by atoms with Gasteiger partial charge in [0.05, 0.1) is 27.8 Å². The lowest BCUT2D eigenvalue weighted by Gasteiger charge is -2.34. The molecule has 2 atom stereocenters. The number of carbonyl (C=O) groups excluding carboxylic acids is 1. The Bertz CT molecular complexity index is 448. The van der Waals surface area contributed by atoms with Gasteiger partial charge in [0.25, 0.3) is 0 Å². The van der Waals surface area contributed by atoms with Gasteiger partial charge in [-0.3, -0.25) is 9.69 Å². The lowest BCUT2D eigenvalue weighted by molar-refractivity contribution is -0.0652. The van der Waals surface area contributed by atoms with Crippen LogP contribution in [0.1, 0.15) is 37.4 Å². The molecule has 20 heavy (non-hydrogen) atoms. The van der Waals surface area contributed by atoms with Gasteiger partial charge in [0, 0.05) is 18.3 Å². The van der Waals surface area contributed by atoms with Crippen LogP contribution in [-0.4, -0.2) is 47.8 Å². The van der Waals surface area contributed by atoms with Crippen molar-refractivity contribution in [3.63, 3.8) is 0 Å². The molecule has 0 spiro atoms. The van der Waals surface area contributed by atoms with E-state index in [-0.39, 0.29) is 18.0 Å². The molecule has 1 aromatic heterocycles. The number of hydrogen-bond donors (Lipinski definition) is 0. The first-order valence-corrected chi connectivity index (χ1v) is 8.81. The summed E-state index contributed by atoms with van der Waals surface area (Å²) in [5.74, 6) is 0.229. The summed E-state index contributed by atoms with van der Waals surface area (Å²) in [6.45, 7) is 10.7. The van der Waals surface area contributed by atoms with Crippen molar-refractivity contribution in [2.24, 2.45) is 0 Å². The first-order chi connectivity index (χ1) is 9.44. The standard InChI is InChI=1S/C15H23NO2S2/c1-10(2)19-15-6-5-14(20-15)13(17)9-16-7-11(3)18-12(4)8-16/h5-6,10-12H,7-9H2,1-4H3. The number of nitrogens with zero attached hydrogens (tertiary/aromatic N) is 1. The number of ketones is 1. The average molecular weight is 313 g/mol. The first-order valence-electron chi connectivity index (χ1n) is 7.11. The maximum absolute atomic E-state index is 12.3. The van der Waals surface area contributed by atoms with Gasteiger partial charge in [0.1, 0.15) is 0 Å². The van der Waals surface area contributed by atoms with E-state index in [1.165, 1.54) is 4.21 Å². The zero-order valence-corrected chi connectivity index (χ0v) is 14.2. The van der Waals surface area contributed by atoms with Crippen LogP contribution in [-0.2, 0) is 4.74 Å². The third kappa shape index (κ3) is 4.58. The molecule has 0 N–H and O–H groups in total. The van der Waals surface area contributed by atoms with Crippen molar-refractivity contribution in [2.45, 2.75) is 49.4 Å². The van der Waals surface area contributed by atoms with Crippen molar-refractivity contribution in [2.75, 3.05) is 19.6 Å². The van der Waals surface area contributed by atoms with Crippen molar-refractivity contribution in [3.8, 4) is 0 Å². The molecule has 1 saturated heterocycles. The molecule has 3 nitrogen and oxygen atoms in total. The van der Waals surface area contributed by atoms with E-state index < -0.39 is 0 Å². The Morgan fingerprint density at radius 2 is 2.05 bits per heavy atom. The van der Waals surface area contributed by atoms with Gasteiger partial charge in [-0.2, -0.15) is 0 Å². The number of thiophene rings is 1. The summed E-state index contributed by atoms with van der Waals surface area (Å²) >= 11 is 3.43. The number of carbonyl (C=O) groups is 1. The number of morpholine rings is 1. The number of Topliss-reactive ketones (excluding diaryl/α,β-unsaturated/α-hetero) is 1. The molecule has 0 amide bonds. The van der Waals surface area contributed by atoms with Crippen molar-refractivity contribution in [3.05, 3.63) is 17.0 Å². The minimum atomic E-state index is 0.210. The van der Waals surface area contributed by atoms with Crippen molar-refractivity contribution in [1.29, 1.82) is 0 Å². The minimum Gasteiger partial charge on any atom is -0.373 e. The summed E-state index contributed by atoms with van der Waals surface area (Å²) in [6, 6.07) is 4.03. The van der Waals surface area contributed by atoms with Gasteiger partial charge in [0.2, 0.25) is 0 Å². The summed E-state index contributed by atoms with van der Waals surface area (Å²) < 4.78 is 6.93. The Hall–Kier alpha value is -0.360. The second kappa shape index (κ2) is 7.07. The number of rotatable bonds is 5. The van der Waals surface area contributed by atoms with E-state index in [0.29, 0.717) is 11.8 Å². The molecule has 1 aliphatic rings. The molecule has 0 aliphatic carbocycles. The van der Waals surface area contributed by atoms with E-state index in [0.717, 1.165) is 18.0 Å². The highest BCUT2D eigenvalue weighted by atomic mass is 32.2. The minimum absolute atomic E-state index is 0.210. The fourth-order valence-electron chi connectivity index (χ4n) is 2.46. The first kappa shape index (κ1) is 16.0. The van der Waals surface area contributed by atoms with Crippen LogP contribution < -0.4 is 0 Å². The molecular weight excluding hydrogens is 290 g/mol. The number of ether oxygens (including phenoxy) is 1. The van der Waals surface area contributed by atoms with Crippen LogP contribution in [0.3, 0.4) is 0 Å². The zero-order valence-electron chi connectivity index (χ0n) is 12.6. The molecule has 0 bridgehead atoms. The Balaban J connectivity index is 1.92. The lowest BCUT2D eigenvalue weighted by atomic mass is 10.2. The summed E-state index contributed by atoms with van der Waals surface area (Å²) in [5.41, 5.74) is 0. The Morgan fingerprint density at radius 3 is 2.65 bits per heavy atom. The second-order valence-electron chi connectivity index (χ2n) is 5.66. The average Bonchev–Trinajstić information content (AvgIpc) is 2.75. The molecule has 1 fully saturated rings. The van der Waals surface area contributed by atoms with Gasteiger partial charge in [-0.05, 0) is 26.0 Å². The third-order valence-electron chi connectivity index (χ3n) is 3.07. The van der Waals surface area contributed by atoms with Gasteiger partial charge in [-0.1, -0.05) is 13.8 Å². The second-order valence-corrected chi connectivity index (χ2v) is 8.62. The van der Waals surface area contributed by atoms with Crippen LogP contribution in [0.5, 0.6) is 0 Å². The van der Waals surface area contributed by atoms with Crippen molar-refractivity contribution < 1.29 is 9.53 Å². The van der Waals surface area contributed by atoms with E-state index in [2.05, 4.69) is 38.7 Å². The van der Waals surface area contributed by atoms with Crippen molar-refractivity contribution >= 4 is 28.9 Å². The van der Waals surface area contributed by atoms with Gasteiger partial charge in [-0.15, -0.1) is 23.1 Å². The third-order valence-corrected chi connectivity index (χ3v) is 5.37. The van der Waals surface area contributed by atoms with Crippen LogP contribution in [0.25, 0.3) is 0 Å². The molecule has 112 valence electrons. The van der Waals surface area contributed by atoms with Crippen LogP contribution in [0, 0.1) is 0 Å². The van der Waals surface area contributed by atoms with Gasteiger partial charge in [-0.25, -0.2) is 0 Å². The topological polar surface area (TPSA) is 29.5 Å². The van der Waals surface area contributed by atoms with E-state index in [4.69, 9.17) is 4.74 Å². The van der Waals surface area contributed by atoms with E-state index in [1.807, 2.05) is 17.8 Å². The van der Waals surface area contributed by atoms with E-state index in [9.17, 15) is 4.79 Å². The molecule has 2 unspecified atom stereocenters. The maximum atomic E-state index is 12.3. The highest BCUT2D eigenvalue weighted by Crippen LogP contribution is 2.30. The molecule has 1 aliphatic heterocycles. The molecule has 1 aromatic rings. The quantitative estimate of drug-likeness (QED) is 0.614. The molecule has 0 radical (unpaired) electrons. The monoisotopic (exact) mass is 313 g/mol. The Kier molecular flexibility index (Phi) is 5.66. The molecule has 0 aromatic carbocycles. The van der Waals surface area contributed by atoms with Gasteiger partial charge < -0.3 is 4.74 Å². The predicted octanol–water partition coefficient (Wildman–Crippen LogP) is 3.54. The Morgan fingerprint density at radius 1 is 1.40 bits per heavy atom. The summed E-state index contributed by atoms with van der Waals surface area (Å²) in [7, 11) is 0. The fourth-order valence-corrected chi connectivity index (χ4v) is 4.78. The number of hydrogen-bond acceptors (Lipinski definition) is 5. The molecule has 2 heterocycles. The van der Waals surface area contributed by atoms with Crippen LogP contribution in [0.15, 0.2) is 16.3 Å². The SMILES string of the molecule is CC1CN(CC(=O)c2ccc(SC(C)C)s2)CC(C)O1. The van der Waals surface area contributed by atoms with E-state index >= 15 is 0 Å². The zero-order chi connectivity index (χ0) is 14.7. The van der Waals surface area contributed by atoms with Gasteiger partial charge >= 0.3 is 0 Å². The van der Waals surface area contributed by atoms with Crippen LogP contribution in [0.2, 0.25) is 0 Å². The predicted molar refractivity (Wildman–Crippen MR) is 86.1 cm³/mol. The normalized spacial score (nSPS) is 24.2. The smallest absolute Gasteiger partial charge is 0.186 e. The van der Waals surface area contributed by atoms with Crippen molar-refractivity contribution in [1.82, 2.24) is 4.90 Å². The molecule has 5 heteroatoms. The summed E-state index contributed by atoms with van der Waals surface area (Å²) in [5, 5.41) is 0.553. The summed E-state index contributed by atoms with van der Waals surface area (Å²) in [4.78, 5) is 15.4. The molecular formula is C15H23NO2S2. The fraction of sp³-hybridized carbons (Fsp3) is 0.667. The largest absolute Gasteiger partial charge is 0.373 e. The van der Waals surface area contributed by atoms with E-state index in [1.54, 1.807) is 11.3 Å². The number of thioether (sulfide) groups is 1. The van der Waals surface area contributed by atoms with Crippen LogP contribution in [0.4, 0.5) is 0 Å². The molecule has 2 rings (SSSR count). The highest BCUT2D eigenvalue weighted by Gasteiger charge is 2.24. The molecule has 0 saturated carbocycles. The maximum Gasteiger partial charge on any atom is 0.186 e. The highest BCUT2D eigenvalue weighted by molar-refractivity contribution is 8.01. The van der Waals surface area contributed by atoms with Crippen LogP contribution >= 0.6 is 23.1 Å².